The quantitative estimate of drug-likeness (QED) is 0.310. The SMILES string of the molecule is CCSc1ccc(CNC(=O)c2cnc3c(c2)[C@H](C)N(Cc2ccc(C(F)(F)F)cc2)[C@H]3C(C)C)cc1. The second-order valence-corrected chi connectivity index (χ2v) is 11.0. The summed E-state index contributed by atoms with van der Waals surface area (Å²) in [5.74, 6) is 1.06. The second kappa shape index (κ2) is 11.3. The van der Waals surface area contributed by atoms with Gasteiger partial charge in [0.05, 0.1) is 22.9 Å². The van der Waals surface area contributed by atoms with Crippen LogP contribution in [0.2, 0.25) is 0 Å². The summed E-state index contributed by atoms with van der Waals surface area (Å²) in [6.45, 7) is 9.31. The van der Waals surface area contributed by atoms with Crippen molar-refractivity contribution in [3.8, 4) is 0 Å². The first-order valence-corrected chi connectivity index (χ1v) is 13.5. The average molecular weight is 528 g/mol. The fourth-order valence-electron chi connectivity index (χ4n) is 4.87. The molecule has 0 fully saturated rings. The largest absolute Gasteiger partial charge is 0.416 e. The maximum Gasteiger partial charge on any atom is 0.416 e. The van der Waals surface area contributed by atoms with Crippen molar-refractivity contribution in [1.29, 1.82) is 0 Å². The molecule has 2 atom stereocenters. The van der Waals surface area contributed by atoms with Crippen LogP contribution in [0.15, 0.2) is 65.7 Å². The predicted molar refractivity (Wildman–Crippen MR) is 141 cm³/mol. The maximum absolute atomic E-state index is 13.0. The molecule has 2 aromatic carbocycles. The number of hydrogen-bond donors (Lipinski definition) is 1. The van der Waals surface area contributed by atoms with Gasteiger partial charge in [-0.1, -0.05) is 45.0 Å². The van der Waals surface area contributed by atoms with Crippen molar-refractivity contribution in [2.24, 2.45) is 5.92 Å². The molecule has 1 aliphatic heterocycles. The van der Waals surface area contributed by atoms with Gasteiger partial charge in [0.15, 0.2) is 0 Å². The van der Waals surface area contributed by atoms with Crippen LogP contribution in [0.1, 0.15) is 78.1 Å². The van der Waals surface area contributed by atoms with E-state index in [1.54, 1.807) is 18.0 Å². The van der Waals surface area contributed by atoms with E-state index in [2.05, 4.69) is 50.0 Å². The van der Waals surface area contributed by atoms with E-state index in [0.29, 0.717) is 18.7 Å². The number of halogens is 3. The Labute approximate surface area is 220 Å². The molecule has 0 bridgehead atoms. The molecule has 0 aliphatic carbocycles. The summed E-state index contributed by atoms with van der Waals surface area (Å²) < 4.78 is 38.9. The van der Waals surface area contributed by atoms with Crippen LogP contribution in [0, 0.1) is 5.92 Å². The summed E-state index contributed by atoms with van der Waals surface area (Å²) in [7, 11) is 0. The van der Waals surface area contributed by atoms with Gasteiger partial charge in [0.1, 0.15) is 0 Å². The van der Waals surface area contributed by atoms with Crippen molar-refractivity contribution in [3.63, 3.8) is 0 Å². The molecular formula is C29H32F3N3OS. The van der Waals surface area contributed by atoms with Crippen LogP contribution in [0.4, 0.5) is 13.2 Å². The highest BCUT2D eigenvalue weighted by Gasteiger charge is 2.39. The van der Waals surface area contributed by atoms with Gasteiger partial charge in [0.25, 0.3) is 5.91 Å². The van der Waals surface area contributed by atoms with E-state index in [1.807, 2.05) is 18.2 Å². The van der Waals surface area contributed by atoms with Gasteiger partial charge in [0, 0.05) is 30.2 Å². The third-order valence-corrected chi connectivity index (χ3v) is 7.66. The summed E-state index contributed by atoms with van der Waals surface area (Å²) in [5, 5.41) is 2.98. The summed E-state index contributed by atoms with van der Waals surface area (Å²) in [4.78, 5) is 21.1. The van der Waals surface area contributed by atoms with Crippen molar-refractivity contribution in [2.75, 3.05) is 5.75 Å². The lowest BCUT2D eigenvalue weighted by Crippen LogP contribution is -2.28. The summed E-state index contributed by atoms with van der Waals surface area (Å²) in [6, 6.07) is 15.4. The molecule has 8 heteroatoms. The number of aromatic nitrogens is 1. The fourth-order valence-corrected chi connectivity index (χ4v) is 5.54. The molecule has 37 heavy (non-hydrogen) atoms. The molecule has 196 valence electrons. The van der Waals surface area contributed by atoms with Crippen LogP contribution in [0.5, 0.6) is 0 Å². The maximum atomic E-state index is 13.0. The molecule has 1 aliphatic rings. The van der Waals surface area contributed by atoms with Gasteiger partial charge in [-0.2, -0.15) is 13.2 Å². The Balaban J connectivity index is 1.48. The standard InChI is InChI=1S/C29H32F3N3OS/c1-5-37-24-12-8-20(9-13-24)15-34-28(36)22-14-25-19(4)35(27(18(2)3)26(25)33-16-22)17-21-6-10-23(11-7-21)29(30,31)32/h6-14,16,18-19,27H,5,15,17H2,1-4H3,(H,34,36)/t19-,27-/m0/s1. The zero-order valence-corrected chi connectivity index (χ0v) is 22.3. The van der Waals surface area contributed by atoms with Gasteiger partial charge in [-0.15, -0.1) is 11.8 Å². The lowest BCUT2D eigenvalue weighted by Gasteiger charge is -2.31. The van der Waals surface area contributed by atoms with E-state index in [-0.39, 0.29) is 23.9 Å². The predicted octanol–water partition coefficient (Wildman–Crippen LogP) is 7.42. The van der Waals surface area contributed by atoms with Crippen LogP contribution < -0.4 is 5.32 Å². The number of hydrogen-bond acceptors (Lipinski definition) is 4. The van der Waals surface area contributed by atoms with E-state index in [1.165, 1.54) is 17.0 Å². The summed E-state index contributed by atoms with van der Waals surface area (Å²) in [6.07, 6.45) is -2.73. The highest BCUT2D eigenvalue weighted by molar-refractivity contribution is 7.99. The Kier molecular flexibility index (Phi) is 8.29. The van der Waals surface area contributed by atoms with Crippen molar-refractivity contribution in [2.45, 2.75) is 63.9 Å². The van der Waals surface area contributed by atoms with E-state index >= 15 is 0 Å². The number of benzene rings is 2. The Morgan fingerprint density at radius 2 is 1.73 bits per heavy atom. The number of carbonyl (C=O) groups excluding carboxylic acids is 1. The molecule has 0 saturated heterocycles. The van der Waals surface area contributed by atoms with Crippen molar-refractivity contribution in [3.05, 3.63) is 94.3 Å². The molecule has 1 N–H and O–H groups in total. The second-order valence-electron chi connectivity index (χ2n) is 9.69. The smallest absolute Gasteiger partial charge is 0.348 e. The fraction of sp³-hybridized carbons (Fsp3) is 0.379. The normalized spacial score (nSPS) is 17.7. The first-order chi connectivity index (χ1) is 17.6. The van der Waals surface area contributed by atoms with Gasteiger partial charge in [-0.25, -0.2) is 0 Å². The van der Waals surface area contributed by atoms with Gasteiger partial charge >= 0.3 is 6.18 Å². The topological polar surface area (TPSA) is 45.2 Å². The number of nitrogens with one attached hydrogen (secondary N) is 1. The number of carbonyl (C=O) groups is 1. The van der Waals surface area contributed by atoms with Crippen LogP contribution >= 0.6 is 11.8 Å². The number of nitrogens with zero attached hydrogens (tertiary/aromatic N) is 2. The van der Waals surface area contributed by atoms with Crippen LogP contribution in [-0.4, -0.2) is 21.5 Å². The molecule has 0 unspecified atom stereocenters. The number of alkyl halides is 3. The minimum Gasteiger partial charge on any atom is -0.348 e. The van der Waals surface area contributed by atoms with Crippen molar-refractivity contribution >= 4 is 17.7 Å². The number of thioether (sulfide) groups is 1. The summed E-state index contributed by atoms with van der Waals surface area (Å²) in [5.41, 5.74) is 3.60. The summed E-state index contributed by atoms with van der Waals surface area (Å²) >= 11 is 1.78. The Bertz CT molecular complexity index is 1230. The van der Waals surface area contributed by atoms with Gasteiger partial charge in [-0.05, 0) is 65.6 Å². The van der Waals surface area contributed by atoms with Gasteiger partial charge < -0.3 is 5.32 Å². The molecule has 3 aromatic rings. The van der Waals surface area contributed by atoms with Crippen LogP contribution in [-0.2, 0) is 19.3 Å². The number of amides is 1. The monoisotopic (exact) mass is 527 g/mol. The highest BCUT2D eigenvalue weighted by Crippen LogP contribution is 2.45. The zero-order chi connectivity index (χ0) is 26.7. The first kappa shape index (κ1) is 27.2. The van der Waals surface area contributed by atoms with E-state index in [9.17, 15) is 18.0 Å². The molecule has 4 nitrogen and oxygen atoms in total. The van der Waals surface area contributed by atoms with E-state index in [0.717, 1.165) is 40.3 Å². The molecular weight excluding hydrogens is 495 g/mol. The molecule has 0 radical (unpaired) electrons. The Morgan fingerprint density at radius 3 is 2.32 bits per heavy atom. The molecule has 4 rings (SSSR count). The molecule has 0 saturated carbocycles. The Morgan fingerprint density at radius 1 is 1.08 bits per heavy atom. The minimum absolute atomic E-state index is 0.00362. The third-order valence-electron chi connectivity index (χ3n) is 6.76. The number of pyridine rings is 1. The van der Waals surface area contributed by atoms with Crippen LogP contribution in [0.3, 0.4) is 0 Å². The molecule has 2 heterocycles. The highest BCUT2D eigenvalue weighted by atomic mass is 32.2. The average Bonchev–Trinajstić information content (AvgIpc) is 3.14. The van der Waals surface area contributed by atoms with Crippen molar-refractivity contribution < 1.29 is 18.0 Å². The molecule has 1 amide bonds. The number of rotatable bonds is 8. The minimum atomic E-state index is -4.35. The third kappa shape index (κ3) is 6.18. The lowest BCUT2D eigenvalue weighted by molar-refractivity contribution is -0.137. The van der Waals surface area contributed by atoms with E-state index in [4.69, 9.17) is 4.98 Å². The zero-order valence-electron chi connectivity index (χ0n) is 21.5. The molecule has 0 spiro atoms. The van der Waals surface area contributed by atoms with Gasteiger partial charge in [-0.3, -0.25) is 14.7 Å². The number of fused-ring (bicyclic) bond motifs is 1. The lowest BCUT2D eigenvalue weighted by atomic mass is 9.99. The molecule has 1 aromatic heterocycles. The van der Waals surface area contributed by atoms with Crippen molar-refractivity contribution in [1.82, 2.24) is 15.2 Å². The Hall–Kier alpha value is -2.84. The van der Waals surface area contributed by atoms with E-state index < -0.39 is 11.7 Å². The first-order valence-electron chi connectivity index (χ1n) is 12.5. The van der Waals surface area contributed by atoms with Gasteiger partial charge in [0.2, 0.25) is 0 Å². The van der Waals surface area contributed by atoms with Crippen LogP contribution in [0.25, 0.3) is 0 Å².